The number of likely N-dealkylation sites (tertiary alicyclic amines) is 1. The van der Waals surface area contributed by atoms with E-state index in [0.717, 1.165) is 37.5 Å². The first-order chi connectivity index (χ1) is 12.2. The van der Waals surface area contributed by atoms with E-state index >= 15 is 0 Å². The molecule has 0 unspecified atom stereocenters. The fourth-order valence-electron chi connectivity index (χ4n) is 3.35. The number of carbonyl (C=O) groups excluding carboxylic acids is 1. The predicted octanol–water partition coefficient (Wildman–Crippen LogP) is 2.38. The Morgan fingerprint density at radius 1 is 1.28 bits per heavy atom. The highest BCUT2D eigenvalue weighted by Crippen LogP contribution is 2.38. The summed E-state index contributed by atoms with van der Waals surface area (Å²) >= 11 is 0. The minimum atomic E-state index is -0.102. The number of amides is 2. The normalized spacial score (nSPS) is 20.5. The average molecular weight is 341 g/mol. The van der Waals surface area contributed by atoms with Crippen molar-refractivity contribution in [2.24, 2.45) is 0 Å². The number of nitrogens with one attached hydrogen (secondary N) is 1. The summed E-state index contributed by atoms with van der Waals surface area (Å²) in [7, 11) is 0. The third-order valence-corrected chi connectivity index (χ3v) is 4.89. The lowest BCUT2D eigenvalue weighted by atomic mass is 9.97. The van der Waals surface area contributed by atoms with Gasteiger partial charge in [-0.2, -0.15) is 0 Å². The maximum atomic E-state index is 12.6. The topological polar surface area (TPSA) is 88.8 Å². The number of rotatable bonds is 4. The minimum Gasteiger partial charge on any atom is -0.324 e. The summed E-state index contributed by atoms with van der Waals surface area (Å²) in [6, 6.07) is 0.457. The standard InChI is InChI=1S/C17H23N7O/c1-2-15-18-8-13(9-19-15)21-17(25)23-7-3-4-12(10-23)16-22-20-11-24(16)14-5-6-14/h8-9,11-12,14H,2-7,10H2,1H3,(H,21,25)/t12-/m0/s1. The Bertz CT molecular complexity index is 738. The van der Waals surface area contributed by atoms with Gasteiger partial charge in [-0.25, -0.2) is 14.8 Å². The molecule has 2 fully saturated rings. The molecule has 2 amide bonds. The Balaban J connectivity index is 1.41. The Morgan fingerprint density at radius 2 is 2.08 bits per heavy atom. The summed E-state index contributed by atoms with van der Waals surface area (Å²) < 4.78 is 2.20. The van der Waals surface area contributed by atoms with E-state index in [4.69, 9.17) is 0 Å². The molecule has 0 spiro atoms. The van der Waals surface area contributed by atoms with Gasteiger partial charge in [-0.1, -0.05) is 6.92 Å². The van der Waals surface area contributed by atoms with E-state index in [-0.39, 0.29) is 11.9 Å². The molecule has 132 valence electrons. The molecule has 2 aromatic heterocycles. The number of urea groups is 1. The first-order valence-electron chi connectivity index (χ1n) is 9.01. The molecule has 8 heteroatoms. The van der Waals surface area contributed by atoms with Crippen LogP contribution >= 0.6 is 0 Å². The van der Waals surface area contributed by atoms with Gasteiger partial charge >= 0.3 is 6.03 Å². The van der Waals surface area contributed by atoms with Crippen molar-refractivity contribution in [1.82, 2.24) is 29.6 Å². The molecule has 0 aromatic carbocycles. The van der Waals surface area contributed by atoms with Gasteiger partial charge in [0.15, 0.2) is 0 Å². The SMILES string of the molecule is CCc1ncc(NC(=O)N2CCC[C@H](c3nncn3C3CC3)C2)cn1. The van der Waals surface area contributed by atoms with Crippen LogP contribution in [0.15, 0.2) is 18.7 Å². The smallest absolute Gasteiger partial charge is 0.321 e. The average Bonchev–Trinajstić information content (AvgIpc) is 3.39. The molecule has 2 aromatic rings. The van der Waals surface area contributed by atoms with Crippen LogP contribution in [0, 0.1) is 0 Å². The number of piperidine rings is 1. The number of nitrogens with zero attached hydrogens (tertiary/aromatic N) is 6. The van der Waals surface area contributed by atoms with Crippen LogP contribution in [-0.2, 0) is 6.42 Å². The fourth-order valence-corrected chi connectivity index (χ4v) is 3.35. The van der Waals surface area contributed by atoms with E-state index in [1.54, 1.807) is 12.4 Å². The van der Waals surface area contributed by atoms with Crippen molar-refractivity contribution in [3.63, 3.8) is 0 Å². The van der Waals surface area contributed by atoms with Gasteiger partial charge in [-0.15, -0.1) is 10.2 Å². The van der Waals surface area contributed by atoms with E-state index in [1.807, 2.05) is 18.2 Å². The van der Waals surface area contributed by atoms with Crippen LogP contribution < -0.4 is 5.32 Å². The summed E-state index contributed by atoms with van der Waals surface area (Å²) in [5, 5.41) is 11.3. The van der Waals surface area contributed by atoms with Crippen LogP contribution in [0.5, 0.6) is 0 Å². The Morgan fingerprint density at radius 3 is 2.80 bits per heavy atom. The number of hydrogen-bond acceptors (Lipinski definition) is 5. The second-order valence-electron chi connectivity index (χ2n) is 6.78. The van der Waals surface area contributed by atoms with Crippen LogP contribution in [0.3, 0.4) is 0 Å². The Labute approximate surface area is 146 Å². The van der Waals surface area contributed by atoms with E-state index in [9.17, 15) is 4.79 Å². The molecule has 0 radical (unpaired) electrons. The molecule has 1 aliphatic carbocycles. The number of aryl methyl sites for hydroxylation is 1. The second kappa shape index (κ2) is 6.78. The summed E-state index contributed by atoms with van der Waals surface area (Å²) in [6.45, 7) is 3.43. The summed E-state index contributed by atoms with van der Waals surface area (Å²) in [5.74, 6) is 2.05. The number of anilines is 1. The van der Waals surface area contributed by atoms with Crippen molar-refractivity contribution in [3.8, 4) is 0 Å². The molecule has 2 aliphatic rings. The molecule has 8 nitrogen and oxygen atoms in total. The molecule has 0 bridgehead atoms. The van der Waals surface area contributed by atoms with Gasteiger partial charge in [0.25, 0.3) is 0 Å². The van der Waals surface area contributed by atoms with Gasteiger partial charge in [0.05, 0.1) is 18.1 Å². The van der Waals surface area contributed by atoms with Crippen LogP contribution in [0.25, 0.3) is 0 Å². The quantitative estimate of drug-likeness (QED) is 0.922. The molecular weight excluding hydrogens is 318 g/mol. The lowest BCUT2D eigenvalue weighted by molar-refractivity contribution is 0.190. The van der Waals surface area contributed by atoms with Crippen LogP contribution in [0.4, 0.5) is 10.5 Å². The summed E-state index contributed by atoms with van der Waals surface area (Å²) in [6.07, 6.45) is 10.4. The third kappa shape index (κ3) is 3.47. The molecule has 1 N–H and O–H groups in total. The first-order valence-corrected chi connectivity index (χ1v) is 9.01. The number of carbonyl (C=O) groups is 1. The molecular formula is C17H23N7O. The summed E-state index contributed by atoms with van der Waals surface area (Å²) in [4.78, 5) is 22.9. The molecule has 4 rings (SSSR count). The van der Waals surface area contributed by atoms with Gasteiger partial charge in [-0.05, 0) is 25.7 Å². The van der Waals surface area contributed by atoms with E-state index < -0.39 is 0 Å². The zero-order chi connectivity index (χ0) is 17.2. The van der Waals surface area contributed by atoms with Crippen molar-refractivity contribution < 1.29 is 4.79 Å². The van der Waals surface area contributed by atoms with Crippen molar-refractivity contribution in [2.45, 2.75) is 51.0 Å². The molecule has 1 saturated carbocycles. The van der Waals surface area contributed by atoms with Crippen molar-refractivity contribution in [2.75, 3.05) is 18.4 Å². The van der Waals surface area contributed by atoms with Crippen molar-refractivity contribution in [3.05, 3.63) is 30.4 Å². The minimum absolute atomic E-state index is 0.102. The first kappa shape index (κ1) is 16.0. The van der Waals surface area contributed by atoms with E-state index in [0.29, 0.717) is 18.3 Å². The fraction of sp³-hybridized carbons (Fsp3) is 0.588. The van der Waals surface area contributed by atoms with Crippen molar-refractivity contribution in [1.29, 1.82) is 0 Å². The molecule has 1 aliphatic heterocycles. The molecule has 25 heavy (non-hydrogen) atoms. The highest BCUT2D eigenvalue weighted by Gasteiger charge is 2.32. The highest BCUT2D eigenvalue weighted by atomic mass is 16.2. The van der Waals surface area contributed by atoms with Crippen LogP contribution in [-0.4, -0.2) is 48.8 Å². The molecule has 1 saturated heterocycles. The lowest BCUT2D eigenvalue weighted by Crippen LogP contribution is -2.42. The van der Waals surface area contributed by atoms with Crippen LogP contribution in [0.1, 0.15) is 56.2 Å². The Hall–Kier alpha value is -2.51. The summed E-state index contributed by atoms with van der Waals surface area (Å²) in [5.41, 5.74) is 0.630. The third-order valence-electron chi connectivity index (χ3n) is 4.89. The van der Waals surface area contributed by atoms with Gasteiger partial charge in [0, 0.05) is 31.5 Å². The molecule has 3 heterocycles. The van der Waals surface area contributed by atoms with Gasteiger partial charge < -0.3 is 14.8 Å². The number of aromatic nitrogens is 5. The predicted molar refractivity (Wildman–Crippen MR) is 92.3 cm³/mol. The lowest BCUT2D eigenvalue weighted by Gasteiger charge is -2.32. The van der Waals surface area contributed by atoms with Crippen LogP contribution in [0.2, 0.25) is 0 Å². The van der Waals surface area contributed by atoms with E-state index in [1.165, 1.54) is 12.8 Å². The zero-order valence-corrected chi connectivity index (χ0v) is 14.4. The Kier molecular flexibility index (Phi) is 4.33. The van der Waals surface area contributed by atoms with E-state index in [2.05, 4.69) is 30.0 Å². The highest BCUT2D eigenvalue weighted by molar-refractivity contribution is 5.89. The van der Waals surface area contributed by atoms with Gasteiger partial charge in [0.2, 0.25) is 0 Å². The maximum absolute atomic E-state index is 12.6. The van der Waals surface area contributed by atoms with Gasteiger partial charge in [-0.3, -0.25) is 0 Å². The second-order valence-corrected chi connectivity index (χ2v) is 6.78. The monoisotopic (exact) mass is 341 g/mol. The largest absolute Gasteiger partial charge is 0.324 e. The van der Waals surface area contributed by atoms with Crippen molar-refractivity contribution >= 4 is 11.7 Å². The zero-order valence-electron chi connectivity index (χ0n) is 14.4. The van der Waals surface area contributed by atoms with Gasteiger partial charge in [0.1, 0.15) is 18.0 Å². The maximum Gasteiger partial charge on any atom is 0.321 e. The molecule has 1 atom stereocenters. The number of hydrogen-bond donors (Lipinski definition) is 1.